The first-order chi connectivity index (χ1) is 17.1. The number of methoxy groups -OCH3 is 1. The molecule has 0 saturated carbocycles. The lowest BCUT2D eigenvalue weighted by Gasteiger charge is -2.21. The van der Waals surface area contributed by atoms with Gasteiger partial charge in [-0.3, -0.25) is 4.79 Å². The number of nitrogen functional groups attached to an aromatic ring is 1. The van der Waals surface area contributed by atoms with E-state index in [1.54, 1.807) is 28.7 Å². The maximum Gasteiger partial charge on any atom is 0.402 e. The van der Waals surface area contributed by atoms with E-state index in [4.69, 9.17) is 15.5 Å². The summed E-state index contributed by atoms with van der Waals surface area (Å²) in [5, 5.41) is 0. The summed E-state index contributed by atoms with van der Waals surface area (Å²) in [4.78, 5) is 22.6. The second-order valence-electron chi connectivity index (χ2n) is 10.3. The fourth-order valence-electron chi connectivity index (χ4n) is 5.20. The highest BCUT2D eigenvalue weighted by Gasteiger charge is 2.50. The van der Waals surface area contributed by atoms with E-state index in [0.29, 0.717) is 0 Å². The van der Waals surface area contributed by atoms with E-state index in [-0.39, 0.29) is 43.0 Å². The molecule has 39 heavy (non-hydrogen) atoms. The minimum Gasteiger partial charge on any atom is -1.00 e. The van der Waals surface area contributed by atoms with Crippen molar-refractivity contribution >= 4 is 68.9 Å². The second kappa shape index (κ2) is 12.2. The molecule has 0 saturated heterocycles. The summed E-state index contributed by atoms with van der Waals surface area (Å²) in [5.74, 6) is 2.54. The topological polar surface area (TPSA) is 84.9 Å². The van der Waals surface area contributed by atoms with Crippen LogP contribution in [0.3, 0.4) is 0 Å². The highest BCUT2D eigenvalue weighted by molar-refractivity contribution is 8.76. The van der Waals surface area contributed by atoms with Gasteiger partial charge in [0, 0.05) is 33.0 Å². The van der Waals surface area contributed by atoms with Gasteiger partial charge in [0.1, 0.15) is 17.0 Å². The quantitative estimate of drug-likeness (QED) is 0.193. The van der Waals surface area contributed by atoms with Gasteiger partial charge in [0.05, 0.1) is 19.1 Å². The Morgan fingerprint density at radius 3 is 2.33 bits per heavy atom. The van der Waals surface area contributed by atoms with E-state index in [1.807, 2.05) is 64.2 Å². The predicted octanol–water partition coefficient (Wildman–Crippen LogP) is 3.66. The molecule has 5 rings (SSSR count). The number of imidazole rings is 1. The predicted molar refractivity (Wildman–Crippen MR) is 162 cm³/mol. The van der Waals surface area contributed by atoms with Crippen molar-refractivity contribution in [1.82, 2.24) is 9.97 Å². The third-order valence-corrected chi connectivity index (χ3v) is 9.58. The molecule has 210 valence electrons. The van der Waals surface area contributed by atoms with E-state index < -0.39 is 10.8 Å². The molecule has 0 amide bonds. The van der Waals surface area contributed by atoms with Crippen molar-refractivity contribution in [2.75, 3.05) is 12.8 Å². The minimum atomic E-state index is -0.533. The lowest BCUT2D eigenvalue weighted by molar-refractivity contribution is -0.610. The van der Waals surface area contributed by atoms with Crippen LogP contribution >= 0.6 is 46.4 Å². The first-order valence-electron chi connectivity index (χ1n) is 11.9. The van der Waals surface area contributed by atoms with Crippen molar-refractivity contribution < 1.29 is 26.5 Å². The summed E-state index contributed by atoms with van der Waals surface area (Å²) in [7, 11) is 5.07. The highest BCUT2D eigenvalue weighted by atomic mass is 35.5. The van der Waals surface area contributed by atoms with Gasteiger partial charge in [0.15, 0.2) is 11.3 Å². The van der Waals surface area contributed by atoms with Crippen molar-refractivity contribution in [2.45, 2.75) is 56.1 Å². The summed E-state index contributed by atoms with van der Waals surface area (Å²) in [5.41, 5.74) is 11.9. The number of nitrogens with two attached hydrogens (primary N) is 1. The largest absolute Gasteiger partial charge is 1.00 e. The molecule has 0 fully saturated rings. The molecule has 1 aliphatic carbocycles. The maximum absolute atomic E-state index is 13.1. The van der Waals surface area contributed by atoms with E-state index in [9.17, 15) is 4.79 Å². The van der Waals surface area contributed by atoms with Gasteiger partial charge in [-0.2, -0.15) is 0 Å². The normalized spacial score (nSPS) is 14.7. The standard InChI is InChI=1S/C28H31N4O2S2.3ClH/c1-16-22(15-35-36-24-10-8-7-9-19(24)29)32(12-11-23(16)34-6)26-30-20-13-17-18(14-21(20)31-26)28(4,5)25(33)27(17,2)3;;;/h7-14H,15,29H2,1-6H3,(H,30,31);3*1H/q+1;;;/p-1. The van der Waals surface area contributed by atoms with Crippen LogP contribution in [0.4, 0.5) is 5.69 Å². The number of carbonyl (C=O) groups excluding carboxylic acids is 1. The summed E-state index contributed by atoms with van der Waals surface area (Å²) < 4.78 is 7.71. The van der Waals surface area contributed by atoms with Crippen molar-refractivity contribution in [3.05, 3.63) is 71.0 Å². The molecule has 2 aromatic heterocycles. The fraction of sp³-hybridized carbons (Fsp3) is 0.321. The maximum atomic E-state index is 13.1. The van der Waals surface area contributed by atoms with Crippen LogP contribution in [0.2, 0.25) is 0 Å². The Bertz CT molecular complexity index is 1470. The average molecular weight is 628 g/mol. The zero-order valence-corrected chi connectivity index (χ0v) is 26.6. The number of pyridine rings is 1. The number of H-pyrrole nitrogens is 1. The van der Waals surface area contributed by atoms with Crippen LogP contribution in [0.5, 0.6) is 5.75 Å². The van der Waals surface area contributed by atoms with Gasteiger partial charge in [0.25, 0.3) is 0 Å². The number of anilines is 1. The van der Waals surface area contributed by atoms with Gasteiger partial charge < -0.3 is 22.9 Å². The van der Waals surface area contributed by atoms with E-state index in [0.717, 1.165) is 61.5 Å². The molecular weight excluding hydrogens is 595 g/mol. The van der Waals surface area contributed by atoms with Crippen molar-refractivity contribution in [2.24, 2.45) is 0 Å². The Morgan fingerprint density at radius 1 is 1.05 bits per heavy atom. The summed E-state index contributed by atoms with van der Waals surface area (Å²) in [6.45, 7) is 10.1. The molecule has 0 unspecified atom stereocenters. The minimum absolute atomic E-state index is 0. The van der Waals surface area contributed by atoms with Crippen LogP contribution in [-0.2, 0) is 21.4 Å². The number of fused-ring (bicyclic) bond motifs is 2. The van der Waals surface area contributed by atoms with Gasteiger partial charge >= 0.3 is 5.95 Å². The number of para-hydroxylation sites is 1. The zero-order chi connectivity index (χ0) is 25.8. The average Bonchev–Trinajstić information content (AvgIpc) is 3.32. The number of carbonyl (C=O) groups is 1. The molecule has 0 radical (unpaired) electrons. The van der Waals surface area contributed by atoms with Crippen LogP contribution in [0.1, 0.15) is 50.1 Å². The zero-order valence-electron chi connectivity index (χ0n) is 22.6. The number of ketones is 1. The third kappa shape index (κ3) is 5.59. The monoisotopic (exact) mass is 626 g/mol. The Hall–Kier alpha value is -2.10. The number of hydrogen-bond donors (Lipinski definition) is 2. The van der Waals surface area contributed by atoms with Crippen molar-refractivity contribution in [3.63, 3.8) is 0 Å². The third-order valence-electron chi connectivity index (χ3n) is 7.27. The molecule has 0 aliphatic heterocycles. The molecule has 1 aliphatic rings. The Labute approximate surface area is 255 Å². The summed E-state index contributed by atoms with van der Waals surface area (Å²) >= 11 is 0. The van der Waals surface area contributed by atoms with Gasteiger partial charge in [-0.05, 0) is 70.0 Å². The molecule has 2 heterocycles. The number of nitrogens with zero attached hydrogens (tertiary/aromatic N) is 2. The van der Waals surface area contributed by atoms with Crippen LogP contribution in [-0.4, -0.2) is 22.9 Å². The van der Waals surface area contributed by atoms with Gasteiger partial charge in [-0.15, -0.1) is 24.8 Å². The Kier molecular flexibility index (Phi) is 10.3. The van der Waals surface area contributed by atoms with Gasteiger partial charge in [-0.25, -0.2) is 9.55 Å². The number of halogens is 3. The highest BCUT2D eigenvalue weighted by Crippen LogP contribution is 2.47. The molecular formula is C28H33Cl3N4O2S2. The number of Topliss-reactive ketones (excluding diaryl/α,β-unsaturated/α-hetero) is 1. The van der Waals surface area contributed by atoms with E-state index in [1.165, 1.54) is 0 Å². The first-order valence-corrected chi connectivity index (χ1v) is 14.2. The van der Waals surface area contributed by atoms with Crippen LogP contribution in [0.25, 0.3) is 17.0 Å². The number of hydrogen-bond acceptors (Lipinski definition) is 6. The molecule has 0 atom stereocenters. The lowest BCUT2D eigenvalue weighted by Crippen LogP contribution is -3.00. The van der Waals surface area contributed by atoms with Crippen LogP contribution in [0.15, 0.2) is 53.6 Å². The molecule has 3 N–H and O–H groups in total. The van der Waals surface area contributed by atoms with E-state index in [2.05, 4.69) is 28.6 Å². The van der Waals surface area contributed by atoms with Gasteiger partial charge in [0.2, 0.25) is 0 Å². The van der Waals surface area contributed by atoms with Crippen molar-refractivity contribution in [1.29, 1.82) is 0 Å². The molecule has 4 aromatic rings. The van der Waals surface area contributed by atoms with Crippen LogP contribution in [0, 0.1) is 6.92 Å². The lowest BCUT2D eigenvalue weighted by atomic mass is 9.80. The summed E-state index contributed by atoms with van der Waals surface area (Å²) in [6.07, 6.45) is 1.99. The second-order valence-corrected chi connectivity index (χ2v) is 12.6. The molecule has 0 bridgehead atoms. The fourth-order valence-corrected chi connectivity index (χ4v) is 7.50. The van der Waals surface area contributed by atoms with Crippen molar-refractivity contribution in [3.8, 4) is 11.7 Å². The number of aromatic amines is 1. The van der Waals surface area contributed by atoms with E-state index >= 15 is 0 Å². The molecule has 2 aromatic carbocycles. The summed E-state index contributed by atoms with van der Waals surface area (Å²) in [6, 6.07) is 14.0. The first kappa shape index (κ1) is 33.1. The molecule has 0 spiro atoms. The number of rotatable bonds is 6. The SMILES string of the molecule is COc1cc[n+](-c2nc3cc4c(cc3[nH]2)C(C)(C)C(=O)C4(C)C)c(CSSc2ccccc2N)c1C.Cl.Cl.[Cl-]. The molecule has 11 heteroatoms. The van der Waals surface area contributed by atoms with Crippen LogP contribution < -0.4 is 27.4 Å². The number of benzene rings is 2. The van der Waals surface area contributed by atoms with Gasteiger partial charge in [-0.1, -0.05) is 38.7 Å². The number of nitrogens with one attached hydrogen (secondary N) is 1. The number of ether oxygens (including phenoxy) is 1. The Balaban J connectivity index is 0.00000178. The Morgan fingerprint density at radius 2 is 1.69 bits per heavy atom. The smallest absolute Gasteiger partial charge is 0.402 e. The molecule has 6 nitrogen and oxygen atoms in total. The number of aromatic nitrogens is 3.